The number of nitro benzene ring substituents is 1. The normalized spacial score (nSPS) is 10.1. The first-order valence-electron chi connectivity index (χ1n) is 4.52. The molecule has 0 unspecified atom stereocenters. The van der Waals surface area contributed by atoms with E-state index in [0.29, 0.717) is 10.6 Å². The average molecular weight is 250 g/mol. The third-order valence-corrected chi connectivity index (χ3v) is 3.07. The molecule has 2 rings (SSSR count). The molecule has 7 heteroatoms. The van der Waals surface area contributed by atoms with Crippen molar-refractivity contribution in [3.63, 3.8) is 0 Å². The van der Waals surface area contributed by atoms with Crippen LogP contribution in [0.25, 0.3) is 10.6 Å². The van der Waals surface area contributed by atoms with E-state index in [0.717, 1.165) is 11.3 Å². The summed E-state index contributed by atoms with van der Waals surface area (Å²) in [6.45, 7) is 0. The zero-order chi connectivity index (χ0) is 12.4. The monoisotopic (exact) mass is 250 g/mol. The van der Waals surface area contributed by atoms with E-state index >= 15 is 0 Å². The minimum Gasteiger partial charge on any atom is -0.477 e. The minimum atomic E-state index is -1.09. The van der Waals surface area contributed by atoms with E-state index in [2.05, 4.69) is 4.98 Å². The van der Waals surface area contributed by atoms with E-state index in [1.165, 1.54) is 12.3 Å². The van der Waals surface area contributed by atoms with Gasteiger partial charge in [-0.1, -0.05) is 12.1 Å². The Bertz CT molecular complexity index is 593. The smallest absolute Gasteiger partial charge is 0.347 e. The maximum atomic E-state index is 10.8. The maximum Gasteiger partial charge on any atom is 0.347 e. The van der Waals surface area contributed by atoms with Gasteiger partial charge in [-0.2, -0.15) is 0 Å². The largest absolute Gasteiger partial charge is 0.477 e. The number of para-hydroxylation sites is 1. The number of nitrogens with zero attached hydrogens (tertiary/aromatic N) is 2. The molecule has 2 aromatic rings. The zero-order valence-electron chi connectivity index (χ0n) is 8.36. The molecule has 86 valence electrons. The van der Waals surface area contributed by atoms with Gasteiger partial charge < -0.3 is 5.11 Å². The second kappa shape index (κ2) is 4.30. The van der Waals surface area contributed by atoms with Crippen molar-refractivity contribution in [3.8, 4) is 10.6 Å². The molecule has 1 N–H and O–H groups in total. The third-order valence-electron chi connectivity index (χ3n) is 2.05. The molecule has 0 amide bonds. The molecule has 0 aliphatic carbocycles. The van der Waals surface area contributed by atoms with Gasteiger partial charge in [-0.05, 0) is 6.07 Å². The summed E-state index contributed by atoms with van der Waals surface area (Å²) in [6, 6.07) is 6.09. The predicted octanol–water partition coefficient (Wildman–Crippen LogP) is 2.42. The third kappa shape index (κ3) is 2.13. The Labute approximate surface area is 99.3 Å². The van der Waals surface area contributed by atoms with Crippen LogP contribution in [0.1, 0.15) is 9.67 Å². The Hall–Kier alpha value is -2.28. The highest BCUT2D eigenvalue weighted by molar-refractivity contribution is 7.16. The molecule has 0 aliphatic heterocycles. The van der Waals surface area contributed by atoms with Crippen LogP contribution in [0.5, 0.6) is 0 Å². The van der Waals surface area contributed by atoms with Gasteiger partial charge in [0, 0.05) is 6.07 Å². The molecule has 0 saturated carbocycles. The number of nitro groups is 1. The van der Waals surface area contributed by atoms with E-state index in [1.54, 1.807) is 18.2 Å². The molecule has 6 nitrogen and oxygen atoms in total. The van der Waals surface area contributed by atoms with Crippen molar-refractivity contribution in [1.82, 2.24) is 4.98 Å². The fraction of sp³-hybridized carbons (Fsp3) is 0. The van der Waals surface area contributed by atoms with E-state index < -0.39 is 10.9 Å². The van der Waals surface area contributed by atoms with Gasteiger partial charge in [-0.15, -0.1) is 11.3 Å². The summed E-state index contributed by atoms with van der Waals surface area (Å²) in [4.78, 5) is 24.9. The highest BCUT2D eigenvalue weighted by atomic mass is 32.1. The van der Waals surface area contributed by atoms with Crippen LogP contribution in [0.2, 0.25) is 0 Å². The predicted molar refractivity (Wildman–Crippen MR) is 61.2 cm³/mol. The quantitative estimate of drug-likeness (QED) is 0.666. The molecule has 17 heavy (non-hydrogen) atoms. The first kappa shape index (κ1) is 11.2. The molecule has 1 heterocycles. The lowest BCUT2D eigenvalue weighted by atomic mass is 10.2. The first-order valence-corrected chi connectivity index (χ1v) is 5.34. The minimum absolute atomic E-state index is 0.0538. The summed E-state index contributed by atoms with van der Waals surface area (Å²) >= 11 is 0.911. The molecule has 0 atom stereocenters. The lowest BCUT2D eigenvalue weighted by Gasteiger charge is -1.97. The topological polar surface area (TPSA) is 93.3 Å². The molecule has 1 aromatic carbocycles. The van der Waals surface area contributed by atoms with Gasteiger partial charge in [-0.25, -0.2) is 9.78 Å². The van der Waals surface area contributed by atoms with Crippen LogP contribution in [-0.4, -0.2) is 21.0 Å². The van der Waals surface area contributed by atoms with Crippen LogP contribution in [0.4, 0.5) is 5.69 Å². The fourth-order valence-corrected chi connectivity index (χ4v) is 2.10. The summed E-state index contributed by atoms with van der Waals surface area (Å²) in [5, 5.41) is 19.9. The zero-order valence-corrected chi connectivity index (χ0v) is 9.18. The van der Waals surface area contributed by atoms with Crippen LogP contribution in [0.3, 0.4) is 0 Å². The second-order valence-corrected chi connectivity index (χ2v) is 4.14. The highest BCUT2D eigenvalue weighted by Gasteiger charge is 2.18. The van der Waals surface area contributed by atoms with Gasteiger partial charge in [0.2, 0.25) is 0 Å². The van der Waals surface area contributed by atoms with E-state index in [-0.39, 0.29) is 10.6 Å². The number of hydrogen-bond donors (Lipinski definition) is 1. The number of carboxylic acids is 1. The summed E-state index contributed by atoms with van der Waals surface area (Å²) in [7, 11) is 0. The van der Waals surface area contributed by atoms with Crippen molar-refractivity contribution < 1.29 is 14.8 Å². The van der Waals surface area contributed by atoms with Gasteiger partial charge in [0.15, 0.2) is 0 Å². The molecular weight excluding hydrogens is 244 g/mol. The summed E-state index contributed by atoms with van der Waals surface area (Å²) < 4.78 is 0. The Balaban J connectivity index is 2.52. The number of carbonyl (C=O) groups is 1. The fourth-order valence-electron chi connectivity index (χ4n) is 1.31. The number of thiazole rings is 1. The SMILES string of the molecule is O=C(O)c1cnc(-c2ccccc2[N+](=O)[O-])s1. The van der Waals surface area contributed by atoms with Crippen molar-refractivity contribution in [1.29, 1.82) is 0 Å². The van der Waals surface area contributed by atoms with Crippen LogP contribution in [0.15, 0.2) is 30.5 Å². The van der Waals surface area contributed by atoms with Crippen LogP contribution >= 0.6 is 11.3 Å². The van der Waals surface area contributed by atoms with Gasteiger partial charge in [0.25, 0.3) is 5.69 Å². The highest BCUT2D eigenvalue weighted by Crippen LogP contribution is 2.32. The lowest BCUT2D eigenvalue weighted by molar-refractivity contribution is -0.384. The molecule has 0 bridgehead atoms. The molecular formula is C10H6N2O4S. The van der Waals surface area contributed by atoms with Crippen LogP contribution in [-0.2, 0) is 0 Å². The number of aromatic nitrogens is 1. The Morgan fingerprint density at radius 1 is 1.41 bits per heavy atom. The van der Waals surface area contributed by atoms with Crippen molar-refractivity contribution in [2.75, 3.05) is 0 Å². The van der Waals surface area contributed by atoms with E-state index in [1.807, 2.05) is 0 Å². The Kier molecular flexibility index (Phi) is 2.84. The average Bonchev–Trinajstić information content (AvgIpc) is 2.78. The van der Waals surface area contributed by atoms with Crippen LogP contribution < -0.4 is 0 Å². The number of carboxylic acid groups (broad SMARTS) is 1. The number of benzene rings is 1. The van der Waals surface area contributed by atoms with E-state index in [9.17, 15) is 14.9 Å². The lowest BCUT2D eigenvalue weighted by Crippen LogP contribution is -1.90. The van der Waals surface area contributed by atoms with Gasteiger partial charge in [-0.3, -0.25) is 10.1 Å². The van der Waals surface area contributed by atoms with Gasteiger partial charge in [0.05, 0.1) is 16.7 Å². The molecule has 0 saturated heterocycles. The maximum absolute atomic E-state index is 10.8. The second-order valence-electron chi connectivity index (χ2n) is 3.11. The summed E-state index contributed by atoms with van der Waals surface area (Å²) in [5.74, 6) is -1.09. The molecule has 0 aliphatic rings. The molecule has 1 aromatic heterocycles. The summed E-state index contributed by atoms with van der Waals surface area (Å²) in [5.41, 5.74) is 0.244. The van der Waals surface area contributed by atoms with Gasteiger partial charge in [0.1, 0.15) is 9.88 Å². The first-order chi connectivity index (χ1) is 8.09. The number of rotatable bonds is 3. The molecule has 0 fully saturated rings. The van der Waals surface area contributed by atoms with Gasteiger partial charge >= 0.3 is 5.97 Å². The van der Waals surface area contributed by atoms with Crippen molar-refractivity contribution in [3.05, 3.63) is 45.5 Å². The van der Waals surface area contributed by atoms with Crippen molar-refractivity contribution in [2.45, 2.75) is 0 Å². The van der Waals surface area contributed by atoms with Crippen molar-refractivity contribution >= 4 is 23.0 Å². The standard InChI is InChI=1S/C10H6N2O4S/c13-10(14)8-5-11-9(17-8)6-3-1-2-4-7(6)12(15)16/h1-5H,(H,13,14). The summed E-state index contributed by atoms with van der Waals surface area (Å²) in [6.07, 6.45) is 1.19. The molecule has 0 spiro atoms. The number of aromatic carboxylic acids is 1. The Morgan fingerprint density at radius 2 is 2.12 bits per heavy atom. The van der Waals surface area contributed by atoms with E-state index in [4.69, 9.17) is 5.11 Å². The Morgan fingerprint density at radius 3 is 2.71 bits per heavy atom. The molecule has 0 radical (unpaired) electrons. The van der Waals surface area contributed by atoms with Crippen LogP contribution in [0, 0.1) is 10.1 Å². The number of hydrogen-bond acceptors (Lipinski definition) is 5. The van der Waals surface area contributed by atoms with Crippen molar-refractivity contribution in [2.24, 2.45) is 0 Å².